The fourth-order valence-corrected chi connectivity index (χ4v) is 2.53. The number of carbonyl (C=O) groups excluding carboxylic acids is 1. The van der Waals surface area contributed by atoms with Crippen LogP contribution in [-0.4, -0.2) is 10.9 Å². The molecule has 28 heavy (non-hydrogen) atoms. The lowest BCUT2D eigenvalue weighted by Crippen LogP contribution is -2.14. The molecule has 2 aromatic carbocycles. The highest BCUT2D eigenvalue weighted by Gasteiger charge is 2.31. The van der Waals surface area contributed by atoms with Crippen LogP contribution < -0.4 is 10.1 Å². The van der Waals surface area contributed by atoms with E-state index in [1.165, 1.54) is 36.4 Å². The van der Waals surface area contributed by atoms with E-state index < -0.39 is 23.5 Å². The quantitative estimate of drug-likeness (QED) is 0.542. The van der Waals surface area contributed by atoms with Crippen LogP contribution in [0.2, 0.25) is 5.02 Å². The number of pyridine rings is 1. The molecule has 0 saturated heterocycles. The maximum atomic E-state index is 13.8. The first-order valence-electron chi connectivity index (χ1n) is 7.79. The Morgan fingerprint density at radius 1 is 1.04 bits per heavy atom. The van der Waals surface area contributed by atoms with Crippen molar-refractivity contribution in [3.05, 3.63) is 82.9 Å². The van der Waals surface area contributed by atoms with Crippen molar-refractivity contribution < 1.29 is 27.1 Å². The van der Waals surface area contributed by atoms with Crippen LogP contribution in [0.5, 0.6) is 11.5 Å². The standard InChI is InChI=1S/C19H11ClF4N2O2/c20-15-2-1-3-16(21)17(15)18(27)26-12-4-6-13(7-5-12)28-14-8-11(9-25-10-14)19(22,23)24/h1-10H,(H,26,27). The van der Waals surface area contributed by atoms with Gasteiger partial charge in [-0.3, -0.25) is 9.78 Å². The first-order chi connectivity index (χ1) is 13.2. The number of halogens is 5. The zero-order valence-electron chi connectivity index (χ0n) is 13.9. The molecule has 0 aliphatic rings. The molecule has 0 unspecified atom stereocenters. The first kappa shape index (κ1) is 19.6. The molecule has 1 amide bonds. The topological polar surface area (TPSA) is 51.2 Å². The second kappa shape index (κ2) is 7.85. The lowest BCUT2D eigenvalue weighted by molar-refractivity contribution is -0.137. The molecule has 0 spiro atoms. The van der Waals surface area contributed by atoms with E-state index in [9.17, 15) is 22.4 Å². The monoisotopic (exact) mass is 410 g/mol. The lowest BCUT2D eigenvalue weighted by atomic mass is 10.2. The van der Waals surface area contributed by atoms with Crippen LogP contribution in [0.25, 0.3) is 0 Å². The maximum Gasteiger partial charge on any atom is 0.418 e. The minimum Gasteiger partial charge on any atom is -0.456 e. The minimum atomic E-state index is -4.53. The lowest BCUT2D eigenvalue weighted by Gasteiger charge is -2.11. The first-order valence-corrected chi connectivity index (χ1v) is 8.17. The molecule has 3 aromatic rings. The van der Waals surface area contributed by atoms with Gasteiger partial charge in [-0.1, -0.05) is 17.7 Å². The van der Waals surface area contributed by atoms with Crippen LogP contribution in [0.15, 0.2) is 60.9 Å². The SMILES string of the molecule is O=C(Nc1ccc(Oc2cncc(C(F)(F)F)c2)cc1)c1c(F)cccc1Cl. The predicted octanol–water partition coefficient (Wildman–Crippen LogP) is 5.94. The number of nitrogens with zero attached hydrogens (tertiary/aromatic N) is 1. The third-order valence-corrected chi connectivity index (χ3v) is 3.89. The molecule has 0 bridgehead atoms. The van der Waals surface area contributed by atoms with E-state index in [1.807, 2.05) is 0 Å². The van der Waals surface area contributed by atoms with E-state index in [1.54, 1.807) is 0 Å². The van der Waals surface area contributed by atoms with E-state index in [0.717, 1.165) is 18.3 Å². The Kier molecular flexibility index (Phi) is 5.51. The van der Waals surface area contributed by atoms with Gasteiger partial charge in [-0.15, -0.1) is 0 Å². The summed E-state index contributed by atoms with van der Waals surface area (Å²) in [6.07, 6.45) is -2.70. The summed E-state index contributed by atoms with van der Waals surface area (Å²) >= 11 is 5.84. The molecule has 0 radical (unpaired) electrons. The third kappa shape index (κ3) is 4.58. The van der Waals surface area contributed by atoms with Gasteiger partial charge in [0.15, 0.2) is 0 Å². The number of benzene rings is 2. The van der Waals surface area contributed by atoms with Crippen LogP contribution in [-0.2, 0) is 6.18 Å². The second-order valence-corrected chi connectivity index (χ2v) is 5.99. The van der Waals surface area contributed by atoms with Gasteiger partial charge < -0.3 is 10.1 Å². The summed E-state index contributed by atoms with van der Waals surface area (Å²) in [5.41, 5.74) is -0.908. The van der Waals surface area contributed by atoms with Crippen molar-refractivity contribution in [2.45, 2.75) is 6.18 Å². The summed E-state index contributed by atoms with van der Waals surface area (Å²) in [5, 5.41) is 2.45. The zero-order chi connectivity index (χ0) is 20.3. The summed E-state index contributed by atoms with van der Waals surface area (Å²) in [6, 6.07) is 10.5. The number of anilines is 1. The number of nitrogens with one attached hydrogen (secondary N) is 1. The van der Waals surface area contributed by atoms with Crippen molar-refractivity contribution in [2.75, 3.05) is 5.32 Å². The normalized spacial score (nSPS) is 11.2. The van der Waals surface area contributed by atoms with Crippen molar-refractivity contribution in [3.63, 3.8) is 0 Å². The van der Waals surface area contributed by atoms with Gasteiger partial charge in [0.25, 0.3) is 5.91 Å². The number of hydrogen-bond donors (Lipinski definition) is 1. The van der Waals surface area contributed by atoms with E-state index in [0.29, 0.717) is 11.9 Å². The minimum absolute atomic E-state index is 0.0329. The van der Waals surface area contributed by atoms with Gasteiger partial charge in [0.1, 0.15) is 17.3 Å². The van der Waals surface area contributed by atoms with Crippen molar-refractivity contribution in [3.8, 4) is 11.5 Å². The summed E-state index contributed by atoms with van der Waals surface area (Å²) in [7, 11) is 0. The van der Waals surface area contributed by atoms with Crippen LogP contribution in [0.4, 0.5) is 23.2 Å². The van der Waals surface area contributed by atoms with Crippen molar-refractivity contribution in [1.82, 2.24) is 4.98 Å². The van der Waals surface area contributed by atoms with Gasteiger partial charge in [-0.05, 0) is 42.5 Å². The molecule has 0 saturated carbocycles. The Hall–Kier alpha value is -3.13. The van der Waals surface area contributed by atoms with E-state index in [-0.39, 0.29) is 22.1 Å². The van der Waals surface area contributed by atoms with Crippen molar-refractivity contribution in [1.29, 1.82) is 0 Å². The Bertz CT molecular complexity index is 987. The Morgan fingerprint density at radius 2 is 1.75 bits per heavy atom. The number of hydrogen-bond acceptors (Lipinski definition) is 3. The van der Waals surface area contributed by atoms with Gasteiger partial charge in [-0.2, -0.15) is 13.2 Å². The average Bonchev–Trinajstić information content (AvgIpc) is 2.63. The molecule has 3 rings (SSSR count). The number of amides is 1. The molecule has 0 aliphatic carbocycles. The Labute approximate surface area is 161 Å². The fourth-order valence-electron chi connectivity index (χ4n) is 2.28. The summed E-state index contributed by atoms with van der Waals surface area (Å²) in [4.78, 5) is 15.7. The predicted molar refractivity (Wildman–Crippen MR) is 95.1 cm³/mol. The van der Waals surface area contributed by atoms with Crippen LogP contribution in [0, 0.1) is 5.82 Å². The molecule has 1 N–H and O–H groups in total. The zero-order valence-corrected chi connectivity index (χ0v) is 14.7. The van der Waals surface area contributed by atoms with Gasteiger partial charge in [-0.25, -0.2) is 4.39 Å². The van der Waals surface area contributed by atoms with E-state index >= 15 is 0 Å². The highest BCUT2D eigenvalue weighted by molar-refractivity contribution is 6.34. The molecule has 0 atom stereocenters. The number of ether oxygens (including phenoxy) is 1. The van der Waals surface area contributed by atoms with Crippen LogP contribution in [0.3, 0.4) is 0 Å². The van der Waals surface area contributed by atoms with Gasteiger partial charge in [0.2, 0.25) is 0 Å². The highest BCUT2D eigenvalue weighted by atomic mass is 35.5. The molecule has 9 heteroatoms. The summed E-state index contributed by atoms with van der Waals surface area (Å²) < 4.78 is 57.2. The highest BCUT2D eigenvalue weighted by Crippen LogP contribution is 2.32. The van der Waals surface area contributed by atoms with Gasteiger partial charge >= 0.3 is 6.18 Å². The van der Waals surface area contributed by atoms with Crippen LogP contribution >= 0.6 is 11.6 Å². The van der Waals surface area contributed by atoms with Crippen LogP contribution in [0.1, 0.15) is 15.9 Å². The Balaban J connectivity index is 1.71. The second-order valence-electron chi connectivity index (χ2n) is 5.58. The molecular weight excluding hydrogens is 400 g/mol. The van der Waals surface area contributed by atoms with E-state index in [4.69, 9.17) is 16.3 Å². The number of aromatic nitrogens is 1. The number of alkyl halides is 3. The molecule has 0 fully saturated rings. The van der Waals surface area contributed by atoms with Crippen molar-refractivity contribution in [2.24, 2.45) is 0 Å². The van der Waals surface area contributed by atoms with Gasteiger partial charge in [0, 0.05) is 11.9 Å². The molecular formula is C19H11ClF4N2O2. The van der Waals surface area contributed by atoms with Gasteiger partial charge in [0.05, 0.1) is 22.3 Å². The number of rotatable bonds is 4. The maximum absolute atomic E-state index is 13.8. The average molecular weight is 411 g/mol. The molecule has 4 nitrogen and oxygen atoms in total. The largest absolute Gasteiger partial charge is 0.456 e. The number of carbonyl (C=O) groups is 1. The van der Waals surface area contributed by atoms with Crippen molar-refractivity contribution >= 4 is 23.2 Å². The smallest absolute Gasteiger partial charge is 0.418 e. The fraction of sp³-hybridized carbons (Fsp3) is 0.0526. The Morgan fingerprint density at radius 3 is 2.39 bits per heavy atom. The van der Waals surface area contributed by atoms with E-state index in [2.05, 4.69) is 10.3 Å². The third-order valence-electron chi connectivity index (χ3n) is 3.58. The molecule has 1 aromatic heterocycles. The molecule has 0 aliphatic heterocycles. The molecule has 1 heterocycles. The molecule has 144 valence electrons. The summed E-state index contributed by atoms with van der Waals surface area (Å²) in [5.74, 6) is -1.37. The summed E-state index contributed by atoms with van der Waals surface area (Å²) in [6.45, 7) is 0.